The largest absolute Gasteiger partial charge is 0.369 e. The normalized spacial score (nSPS) is 20.4. The standard InChI is InChI=1S/C13H18N6O/c1-18-13-12(15-4-5-16-13)11(17-18)9-3-2-6-19(7-9)8-10(14)20/h4-5,9H,2-3,6-8H2,1H3,(H2,14,20). The first kappa shape index (κ1) is 13.0. The summed E-state index contributed by atoms with van der Waals surface area (Å²) in [5.41, 5.74) is 7.92. The van der Waals surface area contributed by atoms with E-state index < -0.39 is 0 Å². The van der Waals surface area contributed by atoms with Gasteiger partial charge in [0.15, 0.2) is 5.65 Å². The summed E-state index contributed by atoms with van der Waals surface area (Å²) in [7, 11) is 1.88. The first-order chi connectivity index (χ1) is 9.65. The van der Waals surface area contributed by atoms with Crippen molar-refractivity contribution in [2.45, 2.75) is 18.8 Å². The van der Waals surface area contributed by atoms with E-state index in [9.17, 15) is 4.79 Å². The molecule has 1 amide bonds. The number of carbonyl (C=O) groups excluding carboxylic acids is 1. The van der Waals surface area contributed by atoms with Crippen LogP contribution in [0.25, 0.3) is 11.2 Å². The topological polar surface area (TPSA) is 89.9 Å². The average Bonchev–Trinajstić information content (AvgIpc) is 2.76. The minimum Gasteiger partial charge on any atom is -0.369 e. The van der Waals surface area contributed by atoms with Crippen molar-refractivity contribution in [1.82, 2.24) is 24.6 Å². The summed E-state index contributed by atoms with van der Waals surface area (Å²) >= 11 is 0. The van der Waals surface area contributed by atoms with E-state index in [-0.39, 0.29) is 11.8 Å². The predicted octanol–water partition coefficient (Wildman–Crippen LogP) is 0.0280. The zero-order valence-corrected chi connectivity index (χ0v) is 11.5. The Morgan fingerprint density at radius 1 is 1.45 bits per heavy atom. The van der Waals surface area contributed by atoms with E-state index in [1.54, 1.807) is 17.1 Å². The number of piperidine rings is 1. The van der Waals surface area contributed by atoms with E-state index >= 15 is 0 Å². The Kier molecular flexibility index (Phi) is 3.35. The molecular formula is C13H18N6O. The molecule has 7 nitrogen and oxygen atoms in total. The molecule has 1 aliphatic heterocycles. The SMILES string of the molecule is Cn1nc(C2CCCN(CC(N)=O)C2)c2nccnc21. The fraction of sp³-hybridized carbons (Fsp3) is 0.538. The number of hydrogen-bond donors (Lipinski definition) is 1. The molecule has 3 heterocycles. The van der Waals surface area contributed by atoms with E-state index in [1.807, 2.05) is 7.05 Å². The van der Waals surface area contributed by atoms with Crippen LogP contribution in [-0.2, 0) is 11.8 Å². The molecule has 106 valence electrons. The molecule has 7 heteroatoms. The molecule has 0 saturated carbocycles. The number of aromatic nitrogens is 4. The summed E-state index contributed by atoms with van der Waals surface area (Å²) < 4.78 is 1.77. The number of nitrogens with two attached hydrogens (primary N) is 1. The van der Waals surface area contributed by atoms with Gasteiger partial charge in [-0.25, -0.2) is 14.6 Å². The lowest BCUT2D eigenvalue weighted by Gasteiger charge is -2.30. The van der Waals surface area contributed by atoms with Gasteiger partial charge in [0, 0.05) is 31.9 Å². The van der Waals surface area contributed by atoms with E-state index in [1.165, 1.54) is 0 Å². The molecule has 0 radical (unpaired) electrons. The Morgan fingerprint density at radius 2 is 2.25 bits per heavy atom. The van der Waals surface area contributed by atoms with Gasteiger partial charge in [-0.1, -0.05) is 0 Å². The minimum atomic E-state index is -0.281. The summed E-state index contributed by atoms with van der Waals surface area (Å²) in [5, 5.41) is 4.58. The molecule has 0 aromatic carbocycles. The van der Waals surface area contributed by atoms with Crippen LogP contribution in [0.5, 0.6) is 0 Å². The number of nitrogens with zero attached hydrogens (tertiary/aromatic N) is 5. The van der Waals surface area contributed by atoms with Gasteiger partial charge < -0.3 is 5.73 Å². The van der Waals surface area contributed by atoms with Crippen LogP contribution in [0.3, 0.4) is 0 Å². The van der Waals surface area contributed by atoms with Crippen LogP contribution in [0.15, 0.2) is 12.4 Å². The molecular weight excluding hydrogens is 256 g/mol. The van der Waals surface area contributed by atoms with Crippen molar-refractivity contribution in [2.75, 3.05) is 19.6 Å². The molecule has 3 rings (SSSR count). The van der Waals surface area contributed by atoms with E-state index in [0.29, 0.717) is 6.54 Å². The Hall–Kier alpha value is -2.02. The van der Waals surface area contributed by atoms with Crippen LogP contribution in [0.1, 0.15) is 24.5 Å². The van der Waals surface area contributed by atoms with E-state index in [0.717, 1.165) is 42.8 Å². The van der Waals surface area contributed by atoms with E-state index in [4.69, 9.17) is 5.73 Å². The summed E-state index contributed by atoms with van der Waals surface area (Å²) in [6, 6.07) is 0. The number of rotatable bonds is 3. The maximum atomic E-state index is 11.1. The minimum absolute atomic E-state index is 0.281. The van der Waals surface area contributed by atoms with Gasteiger partial charge in [0.25, 0.3) is 0 Å². The Balaban J connectivity index is 1.89. The van der Waals surface area contributed by atoms with Crippen molar-refractivity contribution in [3.05, 3.63) is 18.1 Å². The Morgan fingerprint density at radius 3 is 3.05 bits per heavy atom. The Labute approximate surface area is 116 Å². The number of primary amides is 1. The highest BCUT2D eigenvalue weighted by Gasteiger charge is 2.26. The quantitative estimate of drug-likeness (QED) is 0.852. The molecule has 2 aromatic heterocycles. The maximum absolute atomic E-state index is 11.1. The lowest BCUT2D eigenvalue weighted by molar-refractivity contribution is -0.119. The fourth-order valence-corrected chi connectivity index (χ4v) is 2.92. The van der Waals surface area contributed by atoms with Gasteiger partial charge in [-0.2, -0.15) is 5.10 Å². The van der Waals surface area contributed by atoms with Gasteiger partial charge in [0.1, 0.15) is 5.52 Å². The van der Waals surface area contributed by atoms with Gasteiger partial charge >= 0.3 is 0 Å². The molecule has 1 aliphatic rings. The fourth-order valence-electron chi connectivity index (χ4n) is 2.92. The van der Waals surface area contributed by atoms with Crippen LogP contribution < -0.4 is 5.73 Å². The molecule has 1 unspecified atom stereocenters. The van der Waals surface area contributed by atoms with Crippen molar-refractivity contribution in [2.24, 2.45) is 12.8 Å². The third-order valence-corrected chi connectivity index (χ3v) is 3.76. The third-order valence-electron chi connectivity index (χ3n) is 3.76. The van der Waals surface area contributed by atoms with Crippen LogP contribution in [0.4, 0.5) is 0 Å². The second-order valence-corrected chi connectivity index (χ2v) is 5.28. The highest BCUT2D eigenvalue weighted by atomic mass is 16.1. The predicted molar refractivity (Wildman–Crippen MR) is 73.9 cm³/mol. The maximum Gasteiger partial charge on any atom is 0.231 e. The average molecular weight is 274 g/mol. The van der Waals surface area contributed by atoms with Gasteiger partial charge in [-0.05, 0) is 19.4 Å². The highest BCUT2D eigenvalue weighted by molar-refractivity contribution is 5.76. The number of hydrogen-bond acceptors (Lipinski definition) is 5. The van der Waals surface area contributed by atoms with E-state index in [2.05, 4.69) is 20.0 Å². The number of aryl methyl sites for hydroxylation is 1. The molecule has 1 saturated heterocycles. The van der Waals surface area contributed by atoms with Crippen molar-refractivity contribution in [1.29, 1.82) is 0 Å². The van der Waals surface area contributed by atoms with Crippen molar-refractivity contribution in [3.63, 3.8) is 0 Å². The lowest BCUT2D eigenvalue weighted by atomic mass is 9.94. The zero-order chi connectivity index (χ0) is 14.1. The van der Waals surface area contributed by atoms with Gasteiger partial charge in [-0.15, -0.1) is 0 Å². The van der Waals surface area contributed by atoms with Crippen molar-refractivity contribution in [3.8, 4) is 0 Å². The molecule has 20 heavy (non-hydrogen) atoms. The van der Waals surface area contributed by atoms with Gasteiger partial charge in [0.2, 0.25) is 5.91 Å². The number of amides is 1. The van der Waals surface area contributed by atoms with Crippen molar-refractivity contribution >= 4 is 17.1 Å². The van der Waals surface area contributed by atoms with Crippen LogP contribution in [-0.4, -0.2) is 50.2 Å². The molecule has 1 atom stereocenters. The van der Waals surface area contributed by atoms with Crippen molar-refractivity contribution < 1.29 is 4.79 Å². The molecule has 0 bridgehead atoms. The van der Waals surface area contributed by atoms with Gasteiger partial charge in [-0.3, -0.25) is 9.69 Å². The highest BCUT2D eigenvalue weighted by Crippen LogP contribution is 2.29. The first-order valence-corrected chi connectivity index (χ1v) is 6.79. The van der Waals surface area contributed by atoms with Crippen LogP contribution in [0, 0.1) is 0 Å². The molecule has 2 aromatic rings. The van der Waals surface area contributed by atoms with Gasteiger partial charge in [0.05, 0.1) is 12.2 Å². The molecule has 0 aliphatic carbocycles. The lowest BCUT2D eigenvalue weighted by Crippen LogP contribution is -2.40. The summed E-state index contributed by atoms with van der Waals surface area (Å²) in [6.07, 6.45) is 5.46. The second kappa shape index (κ2) is 5.16. The smallest absolute Gasteiger partial charge is 0.231 e. The summed E-state index contributed by atoms with van der Waals surface area (Å²) in [4.78, 5) is 21.9. The first-order valence-electron chi connectivity index (χ1n) is 6.79. The zero-order valence-electron chi connectivity index (χ0n) is 11.5. The second-order valence-electron chi connectivity index (χ2n) is 5.28. The van der Waals surface area contributed by atoms with Crippen LogP contribution >= 0.6 is 0 Å². The number of likely N-dealkylation sites (tertiary alicyclic amines) is 1. The number of fused-ring (bicyclic) bond motifs is 1. The molecule has 0 spiro atoms. The summed E-state index contributed by atoms with van der Waals surface area (Å²) in [5.74, 6) is -0.000166. The van der Waals surface area contributed by atoms with Crippen LogP contribution in [0.2, 0.25) is 0 Å². The monoisotopic (exact) mass is 274 g/mol. The third kappa shape index (κ3) is 2.36. The molecule has 1 fully saturated rings. The Bertz CT molecular complexity index is 637. The summed E-state index contributed by atoms with van der Waals surface area (Å²) in [6.45, 7) is 2.02. The number of carbonyl (C=O) groups is 1. The molecule has 2 N–H and O–H groups in total.